The molecule has 1 amide bonds. The van der Waals surface area contributed by atoms with Crippen LogP contribution in [0.1, 0.15) is 46.8 Å². The first-order valence-electron chi connectivity index (χ1n) is 8.70. The van der Waals surface area contributed by atoms with Crippen LogP contribution in [0.25, 0.3) is 0 Å². The van der Waals surface area contributed by atoms with E-state index in [1.165, 1.54) is 11.1 Å². The van der Waals surface area contributed by atoms with Gasteiger partial charge in [-0.15, -0.1) is 0 Å². The largest absolute Gasteiger partial charge is 0.493 e. The molecule has 2 aromatic carbocycles. The first kappa shape index (κ1) is 17.8. The van der Waals surface area contributed by atoms with Gasteiger partial charge in [-0.05, 0) is 61.6 Å². The number of hydrogen-bond acceptors (Lipinski definition) is 3. The van der Waals surface area contributed by atoms with Crippen molar-refractivity contribution < 1.29 is 9.53 Å². The molecule has 0 spiro atoms. The highest BCUT2D eigenvalue weighted by atomic mass is 35.5. The van der Waals surface area contributed by atoms with Crippen LogP contribution in [0.4, 0.5) is 0 Å². The highest BCUT2D eigenvalue weighted by Crippen LogP contribution is 2.31. The molecule has 25 heavy (non-hydrogen) atoms. The van der Waals surface area contributed by atoms with Crippen molar-refractivity contribution in [2.75, 3.05) is 13.2 Å². The van der Waals surface area contributed by atoms with E-state index in [9.17, 15) is 4.79 Å². The van der Waals surface area contributed by atoms with Gasteiger partial charge in [-0.1, -0.05) is 35.9 Å². The monoisotopic (exact) mass is 358 g/mol. The van der Waals surface area contributed by atoms with Crippen LogP contribution in [0.2, 0.25) is 5.02 Å². The fourth-order valence-electron chi connectivity index (χ4n) is 3.21. The summed E-state index contributed by atoms with van der Waals surface area (Å²) < 4.78 is 5.71. The number of amides is 1. The Balaban J connectivity index is 1.78. The van der Waals surface area contributed by atoms with Crippen LogP contribution in [0, 0.1) is 0 Å². The van der Waals surface area contributed by atoms with Gasteiger partial charge in [0.15, 0.2) is 0 Å². The molecule has 0 bridgehead atoms. The molecule has 0 saturated carbocycles. The van der Waals surface area contributed by atoms with E-state index in [0.29, 0.717) is 29.5 Å². The number of carbonyl (C=O) groups excluding carboxylic acids is 1. The minimum Gasteiger partial charge on any atom is -0.493 e. The molecule has 0 aromatic heterocycles. The number of fused-ring (bicyclic) bond motifs is 1. The van der Waals surface area contributed by atoms with Gasteiger partial charge < -0.3 is 15.8 Å². The predicted molar refractivity (Wildman–Crippen MR) is 100 cm³/mol. The third-order valence-corrected chi connectivity index (χ3v) is 4.70. The van der Waals surface area contributed by atoms with Crippen LogP contribution in [0.5, 0.6) is 5.75 Å². The van der Waals surface area contributed by atoms with Crippen molar-refractivity contribution in [2.24, 2.45) is 5.73 Å². The van der Waals surface area contributed by atoms with Crippen molar-refractivity contribution in [2.45, 2.75) is 31.7 Å². The summed E-state index contributed by atoms with van der Waals surface area (Å²) in [6.45, 7) is 1.00. The number of benzene rings is 2. The first-order chi connectivity index (χ1) is 12.2. The molecule has 0 unspecified atom stereocenters. The number of aryl methyl sites for hydroxylation is 1. The lowest BCUT2D eigenvalue weighted by molar-refractivity contribution is 0.0928. The Labute approximate surface area is 153 Å². The van der Waals surface area contributed by atoms with Gasteiger partial charge >= 0.3 is 0 Å². The van der Waals surface area contributed by atoms with Crippen molar-refractivity contribution in [3.05, 3.63) is 64.2 Å². The molecule has 2 aromatic rings. The second-order valence-electron chi connectivity index (χ2n) is 6.25. The summed E-state index contributed by atoms with van der Waals surface area (Å²) in [7, 11) is 0. The zero-order valence-corrected chi connectivity index (χ0v) is 14.9. The quantitative estimate of drug-likeness (QED) is 0.770. The van der Waals surface area contributed by atoms with E-state index in [4.69, 9.17) is 22.1 Å². The highest BCUT2D eigenvalue weighted by Gasteiger charge is 2.23. The summed E-state index contributed by atoms with van der Waals surface area (Å²) >= 11 is 6.06. The predicted octanol–water partition coefficient (Wildman–Crippen LogP) is 3.88. The lowest BCUT2D eigenvalue weighted by Gasteiger charge is -2.26. The van der Waals surface area contributed by atoms with Crippen LogP contribution in [-0.4, -0.2) is 19.1 Å². The average molecular weight is 359 g/mol. The number of halogens is 1. The number of carbonyl (C=O) groups is 1. The molecule has 0 fully saturated rings. The SMILES string of the molecule is NCCCOc1cc(Cl)ccc1C(=O)N[C@@H]1CCCc2ccccc21. The lowest BCUT2D eigenvalue weighted by Crippen LogP contribution is -2.31. The maximum atomic E-state index is 12.8. The number of nitrogens with two attached hydrogens (primary N) is 1. The molecule has 0 radical (unpaired) electrons. The van der Waals surface area contributed by atoms with Crippen LogP contribution in [0.3, 0.4) is 0 Å². The normalized spacial score (nSPS) is 16.2. The van der Waals surface area contributed by atoms with Crippen molar-refractivity contribution in [1.29, 1.82) is 0 Å². The molecule has 1 atom stereocenters. The van der Waals surface area contributed by atoms with Gasteiger partial charge in [0.1, 0.15) is 5.75 Å². The van der Waals surface area contributed by atoms with Gasteiger partial charge in [-0.25, -0.2) is 0 Å². The molecular weight excluding hydrogens is 336 g/mol. The number of ether oxygens (including phenoxy) is 1. The zero-order chi connectivity index (χ0) is 17.6. The summed E-state index contributed by atoms with van der Waals surface area (Å²) in [6.07, 6.45) is 3.81. The molecular formula is C20H23ClN2O2. The molecule has 1 aliphatic rings. The molecule has 0 aliphatic heterocycles. The Bertz CT molecular complexity index is 748. The average Bonchev–Trinajstić information content (AvgIpc) is 2.62. The van der Waals surface area contributed by atoms with Crippen molar-refractivity contribution in [3.8, 4) is 5.75 Å². The van der Waals surface area contributed by atoms with Crippen LogP contribution >= 0.6 is 11.6 Å². The van der Waals surface area contributed by atoms with E-state index in [1.54, 1.807) is 18.2 Å². The van der Waals surface area contributed by atoms with Gasteiger partial charge in [0.05, 0.1) is 18.2 Å². The van der Waals surface area contributed by atoms with E-state index < -0.39 is 0 Å². The van der Waals surface area contributed by atoms with E-state index in [2.05, 4.69) is 17.4 Å². The third kappa shape index (κ3) is 4.33. The van der Waals surface area contributed by atoms with Gasteiger partial charge in [-0.2, -0.15) is 0 Å². The molecule has 3 rings (SSSR count). The van der Waals surface area contributed by atoms with Gasteiger partial charge in [0.25, 0.3) is 5.91 Å². The molecule has 0 saturated heterocycles. The standard InChI is InChI=1S/C20H23ClN2O2/c21-15-9-10-17(19(13-15)25-12-4-11-22)20(24)23-18-8-3-6-14-5-1-2-7-16(14)18/h1-2,5,7,9-10,13,18H,3-4,6,8,11-12,22H2,(H,23,24)/t18-/m1/s1. The summed E-state index contributed by atoms with van der Waals surface area (Å²) in [4.78, 5) is 12.8. The Hall–Kier alpha value is -2.04. The topological polar surface area (TPSA) is 64.3 Å². The van der Waals surface area contributed by atoms with E-state index in [-0.39, 0.29) is 11.9 Å². The third-order valence-electron chi connectivity index (χ3n) is 4.47. The van der Waals surface area contributed by atoms with Gasteiger partial charge in [0.2, 0.25) is 0 Å². The molecule has 132 valence electrons. The molecule has 1 aliphatic carbocycles. The van der Waals surface area contributed by atoms with E-state index >= 15 is 0 Å². The van der Waals surface area contributed by atoms with E-state index in [1.807, 2.05) is 12.1 Å². The Morgan fingerprint density at radius 1 is 1.28 bits per heavy atom. The Morgan fingerprint density at radius 2 is 2.12 bits per heavy atom. The van der Waals surface area contributed by atoms with Crippen molar-refractivity contribution >= 4 is 17.5 Å². The minimum absolute atomic E-state index is 0.0324. The van der Waals surface area contributed by atoms with Crippen LogP contribution < -0.4 is 15.8 Å². The zero-order valence-electron chi connectivity index (χ0n) is 14.1. The number of nitrogens with one attached hydrogen (secondary N) is 1. The lowest BCUT2D eigenvalue weighted by atomic mass is 9.87. The molecule has 3 N–H and O–H groups in total. The van der Waals surface area contributed by atoms with Crippen molar-refractivity contribution in [3.63, 3.8) is 0 Å². The second-order valence-corrected chi connectivity index (χ2v) is 6.68. The molecule has 0 heterocycles. The van der Waals surface area contributed by atoms with Gasteiger partial charge in [0, 0.05) is 5.02 Å². The second kappa shape index (κ2) is 8.37. The van der Waals surface area contributed by atoms with Crippen LogP contribution in [0.15, 0.2) is 42.5 Å². The van der Waals surface area contributed by atoms with Crippen molar-refractivity contribution in [1.82, 2.24) is 5.32 Å². The maximum absolute atomic E-state index is 12.8. The Kier molecular flexibility index (Phi) is 5.95. The summed E-state index contributed by atoms with van der Waals surface area (Å²) in [5, 5.41) is 3.70. The Morgan fingerprint density at radius 3 is 2.96 bits per heavy atom. The summed E-state index contributed by atoms with van der Waals surface area (Å²) in [6, 6.07) is 13.4. The van der Waals surface area contributed by atoms with Gasteiger partial charge in [-0.3, -0.25) is 4.79 Å². The molecule has 5 heteroatoms. The maximum Gasteiger partial charge on any atom is 0.255 e. The smallest absolute Gasteiger partial charge is 0.255 e. The number of hydrogen-bond donors (Lipinski definition) is 2. The minimum atomic E-state index is -0.138. The van der Waals surface area contributed by atoms with E-state index in [0.717, 1.165) is 25.7 Å². The first-order valence-corrected chi connectivity index (χ1v) is 9.08. The van der Waals surface area contributed by atoms with Crippen LogP contribution in [-0.2, 0) is 6.42 Å². The summed E-state index contributed by atoms with van der Waals surface area (Å²) in [5.74, 6) is 0.365. The molecule has 4 nitrogen and oxygen atoms in total. The fraction of sp³-hybridized carbons (Fsp3) is 0.350. The number of rotatable bonds is 6. The summed E-state index contributed by atoms with van der Waals surface area (Å²) in [5.41, 5.74) is 8.53. The fourth-order valence-corrected chi connectivity index (χ4v) is 3.37. The highest BCUT2D eigenvalue weighted by molar-refractivity contribution is 6.30.